The molecule has 1 aromatic rings. The van der Waals surface area contributed by atoms with Crippen LogP contribution in [-0.2, 0) is 0 Å². The minimum absolute atomic E-state index is 0.399. The molecule has 1 unspecified atom stereocenters. The van der Waals surface area contributed by atoms with Gasteiger partial charge in [-0.15, -0.1) is 11.3 Å². The van der Waals surface area contributed by atoms with Gasteiger partial charge in [-0.1, -0.05) is 13.8 Å². The molecule has 74 valence electrons. The molecule has 0 saturated heterocycles. The van der Waals surface area contributed by atoms with Gasteiger partial charge < -0.3 is 10.4 Å². The molecule has 1 heterocycles. The fraction of sp³-hybridized carbons (Fsp3) is 0.667. The molecule has 0 bridgehead atoms. The van der Waals surface area contributed by atoms with E-state index in [4.69, 9.17) is 0 Å². The molecule has 0 radical (unpaired) electrons. The number of nitrogens with one attached hydrogen (secondary N) is 1. The molecular formula is C9H16N2OS. The molecule has 1 aromatic heterocycles. The molecule has 2 N–H and O–H groups in total. The van der Waals surface area contributed by atoms with E-state index in [1.54, 1.807) is 0 Å². The Morgan fingerprint density at radius 2 is 2.31 bits per heavy atom. The minimum Gasteiger partial charge on any atom is -0.385 e. The van der Waals surface area contributed by atoms with Crippen LogP contribution in [0.25, 0.3) is 0 Å². The van der Waals surface area contributed by atoms with E-state index in [0.717, 1.165) is 10.7 Å². The van der Waals surface area contributed by atoms with Gasteiger partial charge in [-0.2, -0.15) is 0 Å². The fourth-order valence-electron chi connectivity index (χ4n) is 0.960. The highest BCUT2D eigenvalue weighted by Gasteiger charge is 2.10. The van der Waals surface area contributed by atoms with E-state index in [2.05, 4.69) is 24.1 Å². The topological polar surface area (TPSA) is 45.1 Å². The van der Waals surface area contributed by atoms with Crippen LogP contribution in [0.2, 0.25) is 0 Å². The summed E-state index contributed by atoms with van der Waals surface area (Å²) in [7, 11) is 0. The van der Waals surface area contributed by atoms with Crippen molar-refractivity contribution in [1.29, 1.82) is 0 Å². The van der Waals surface area contributed by atoms with Gasteiger partial charge in [0.05, 0.1) is 0 Å². The Balaban J connectivity index is 2.44. The second-order valence-electron chi connectivity index (χ2n) is 3.41. The molecule has 0 aliphatic heterocycles. The Kier molecular flexibility index (Phi) is 3.84. The normalized spacial score (nSPS) is 13.6. The summed E-state index contributed by atoms with van der Waals surface area (Å²) in [4.78, 5) is 4.22. The molecule has 0 spiro atoms. The second-order valence-corrected chi connectivity index (χ2v) is 4.30. The van der Waals surface area contributed by atoms with Gasteiger partial charge >= 0.3 is 0 Å². The summed E-state index contributed by atoms with van der Waals surface area (Å²) in [6.07, 6.45) is -0.471. The van der Waals surface area contributed by atoms with Gasteiger partial charge in [0.25, 0.3) is 0 Å². The van der Waals surface area contributed by atoms with E-state index in [1.807, 2.05) is 12.3 Å². The lowest BCUT2D eigenvalue weighted by atomic mass is 10.3. The van der Waals surface area contributed by atoms with Crippen molar-refractivity contribution in [3.63, 3.8) is 0 Å². The monoisotopic (exact) mass is 200 g/mol. The number of hydrogen-bond acceptors (Lipinski definition) is 4. The van der Waals surface area contributed by atoms with Crippen LogP contribution in [-0.4, -0.2) is 22.7 Å². The second kappa shape index (κ2) is 4.69. The summed E-state index contributed by atoms with van der Waals surface area (Å²) in [5, 5.41) is 15.6. The standard InChI is InChI=1S/C9H16N2OS/c1-6(2)10-4-8(12)9-11-7(3)5-13-9/h5-6,8,10,12H,4H2,1-3H3. The maximum absolute atomic E-state index is 9.67. The van der Waals surface area contributed by atoms with Crippen molar-refractivity contribution in [2.75, 3.05) is 6.54 Å². The zero-order valence-electron chi connectivity index (χ0n) is 8.24. The van der Waals surface area contributed by atoms with Crippen LogP contribution in [0.5, 0.6) is 0 Å². The van der Waals surface area contributed by atoms with Crippen molar-refractivity contribution in [2.24, 2.45) is 0 Å². The van der Waals surface area contributed by atoms with Gasteiger partial charge in [-0.3, -0.25) is 0 Å². The van der Waals surface area contributed by atoms with Crippen LogP contribution in [0.4, 0.5) is 0 Å². The average molecular weight is 200 g/mol. The summed E-state index contributed by atoms with van der Waals surface area (Å²) in [6, 6.07) is 0.399. The number of rotatable bonds is 4. The van der Waals surface area contributed by atoms with E-state index in [9.17, 15) is 5.11 Å². The molecule has 0 aliphatic rings. The summed E-state index contributed by atoms with van der Waals surface area (Å²) in [5.41, 5.74) is 0.976. The summed E-state index contributed by atoms with van der Waals surface area (Å²) in [5.74, 6) is 0. The molecule has 0 aliphatic carbocycles. The first kappa shape index (κ1) is 10.6. The molecule has 0 aromatic carbocycles. The van der Waals surface area contributed by atoms with Crippen molar-refractivity contribution >= 4 is 11.3 Å². The molecule has 0 amide bonds. The van der Waals surface area contributed by atoms with Gasteiger partial charge in [-0.05, 0) is 6.92 Å². The lowest BCUT2D eigenvalue weighted by Crippen LogP contribution is -2.27. The van der Waals surface area contributed by atoms with E-state index < -0.39 is 6.10 Å². The average Bonchev–Trinajstić information content (AvgIpc) is 2.47. The first-order valence-corrected chi connectivity index (χ1v) is 5.31. The molecule has 4 heteroatoms. The van der Waals surface area contributed by atoms with E-state index in [0.29, 0.717) is 12.6 Å². The Labute approximate surface area is 82.8 Å². The maximum Gasteiger partial charge on any atom is 0.123 e. The number of aromatic nitrogens is 1. The molecule has 3 nitrogen and oxygen atoms in total. The van der Waals surface area contributed by atoms with Crippen LogP contribution in [0.1, 0.15) is 30.7 Å². The van der Waals surface area contributed by atoms with Gasteiger partial charge in [0.2, 0.25) is 0 Å². The van der Waals surface area contributed by atoms with Gasteiger partial charge in [0.1, 0.15) is 11.1 Å². The van der Waals surface area contributed by atoms with Crippen molar-refractivity contribution in [3.05, 3.63) is 16.1 Å². The maximum atomic E-state index is 9.67. The Bertz CT molecular complexity index is 260. The highest BCUT2D eigenvalue weighted by molar-refractivity contribution is 7.09. The van der Waals surface area contributed by atoms with Crippen LogP contribution in [0.3, 0.4) is 0 Å². The zero-order chi connectivity index (χ0) is 9.84. The minimum atomic E-state index is -0.471. The predicted octanol–water partition coefficient (Wildman–Crippen LogP) is 1.48. The first-order chi connectivity index (χ1) is 6.09. The first-order valence-electron chi connectivity index (χ1n) is 4.43. The van der Waals surface area contributed by atoms with Crippen molar-refractivity contribution in [2.45, 2.75) is 32.9 Å². The van der Waals surface area contributed by atoms with Crippen LogP contribution in [0.15, 0.2) is 5.38 Å². The van der Waals surface area contributed by atoms with Crippen molar-refractivity contribution < 1.29 is 5.11 Å². The fourth-order valence-corrected chi connectivity index (χ4v) is 1.74. The molecule has 0 saturated carbocycles. The number of aryl methyl sites for hydroxylation is 1. The molecule has 13 heavy (non-hydrogen) atoms. The third-order valence-corrected chi connectivity index (χ3v) is 2.71. The summed E-state index contributed by atoms with van der Waals surface area (Å²) < 4.78 is 0. The quantitative estimate of drug-likeness (QED) is 0.774. The number of aliphatic hydroxyl groups excluding tert-OH is 1. The summed E-state index contributed by atoms with van der Waals surface area (Å²) in [6.45, 7) is 6.62. The van der Waals surface area contributed by atoms with Gasteiger partial charge in [0, 0.05) is 23.7 Å². The summed E-state index contributed by atoms with van der Waals surface area (Å²) >= 11 is 1.51. The third kappa shape index (κ3) is 3.42. The number of thiazole rings is 1. The SMILES string of the molecule is Cc1csc(C(O)CNC(C)C)n1. The van der Waals surface area contributed by atoms with Crippen molar-refractivity contribution in [3.8, 4) is 0 Å². The molecular weight excluding hydrogens is 184 g/mol. The van der Waals surface area contributed by atoms with E-state index in [-0.39, 0.29) is 0 Å². The van der Waals surface area contributed by atoms with Gasteiger partial charge in [-0.25, -0.2) is 4.98 Å². The van der Waals surface area contributed by atoms with Crippen molar-refractivity contribution in [1.82, 2.24) is 10.3 Å². The molecule has 1 atom stereocenters. The van der Waals surface area contributed by atoms with Crippen LogP contribution in [0, 0.1) is 6.92 Å². The smallest absolute Gasteiger partial charge is 0.123 e. The van der Waals surface area contributed by atoms with Crippen LogP contribution >= 0.6 is 11.3 Å². The Morgan fingerprint density at radius 1 is 1.62 bits per heavy atom. The Hall–Kier alpha value is -0.450. The van der Waals surface area contributed by atoms with Crippen LogP contribution < -0.4 is 5.32 Å². The molecule has 0 fully saturated rings. The van der Waals surface area contributed by atoms with E-state index >= 15 is 0 Å². The highest BCUT2D eigenvalue weighted by Crippen LogP contribution is 2.16. The highest BCUT2D eigenvalue weighted by atomic mass is 32.1. The number of hydrogen-bond donors (Lipinski definition) is 2. The number of aliphatic hydroxyl groups is 1. The zero-order valence-corrected chi connectivity index (χ0v) is 9.06. The largest absolute Gasteiger partial charge is 0.385 e. The molecule has 1 rings (SSSR count). The lowest BCUT2D eigenvalue weighted by Gasteiger charge is -2.11. The predicted molar refractivity (Wildman–Crippen MR) is 54.9 cm³/mol. The third-order valence-electron chi connectivity index (χ3n) is 1.64. The van der Waals surface area contributed by atoms with E-state index in [1.165, 1.54) is 11.3 Å². The lowest BCUT2D eigenvalue weighted by molar-refractivity contribution is 0.171. The van der Waals surface area contributed by atoms with Gasteiger partial charge in [0.15, 0.2) is 0 Å². The Morgan fingerprint density at radius 3 is 2.77 bits per heavy atom. The number of nitrogens with zero attached hydrogens (tertiary/aromatic N) is 1.